The Kier molecular flexibility index (Phi) is 3.78. The lowest BCUT2D eigenvalue weighted by molar-refractivity contribution is 0.100. The van der Waals surface area contributed by atoms with Crippen LogP contribution in [0.5, 0.6) is 0 Å². The third-order valence-electron chi connectivity index (χ3n) is 3.39. The lowest BCUT2D eigenvalue weighted by Crippen LogP contribution is -1.93. The number of ketones is 1. The number of nitriles is 2. The molecule has 0 spiro atoms. The monoisotopic (exact) mass is 250 g/mol. The van der Waals surface area contributed by atoms with E-state index in [0.29, 0.717) is 11.1 Å². The second-order valence-electron chi connectivity index (χ2n) is 4.66. The normalized spacial score (nSPS) is 12.8. The molecular formula is C16H14N2O. The highest BCUT2D eigenvalue weighted by molar-refractivity contribution is 6.13. The van der Waals surface area contributed by atoms with Crippen molar-refractivity contribution in [3.05, 3.63) is 40.5 Å². The zero-order chi connectivity index (χ0) is 13.8. The van der Waals surface area contributed by atoms with Crippen LogP contribution in [0.1, 0.15) is 47.7 Å². The van der Waals surface area contributed by atoms with Gasteiger partial charge in [0.1, 0.15) is 17.7 Å². The molecule has 3 nitrogen and oxygen atoms in total. The van der Waals surface area contributed by atoms with E-state index in [9.17, 15) is 4.79 Å². The number of benzene rings is 1. The highest BCUT2D eigenvalue weighted by Gasteiger charge is 2.27. The van der Waals surface area contributed by atoms with Gasteiger partial charge in [0.05, 0.1) is 0 Å². The molecule has 0 heterocycles. The molecule has 1 aromatic carbocycles. The quantitative estimate of drug-likeness (QED) is 0.772. The van der Waals surface area contributed by atoms with E-state index in [-0.39, 0.29) is 17.8 Å². The molecule has 2 rings (SSSR count). The van der Waals surface area contributed by atoms with Crippen LogP contribution in [0.15, 0.2) is 23.8 Å². The molecule has 0 fully saturated rings. The van der Waals surface area contributed by atoms with Crippen LogP contribution in [0, 0.1) is 22.7 Å². The summed E-state index contributed by atoms with van der Waals surface area (Å²) in [6.07, 6.45) is 3.34. The highest BCUT2D eigenvalue weighted by atomic mass is 16.1. The minimum atomic E-state index is 0.00588. The minimum Gasteiger partial charge on any atom is -0.294 e. The average Bonchev–Trinajstić information content (AvgIpc) is 2.75. The summed E-state index contributed by atoms with van der Waals surface area (Å²) < 4.78 is 0. The smallest absolute Gasteiger partial charge is 0.167 e. The van der Waals surface area contributed by atoms with Crippen LogP contribution < -0.4 is 0 Å². The first-order chi connectivity index (χ1) is 9.21. The van der Waals surface area contributed by atoms with Gasteiger partial charge in [0.15, 0.2) is 5.78 Å². The third kappa shape index (κ3) is 2.41. The number of carbonyl (C=O) groups is 1. The maximum atomic E-state index is 12.0. The molecule has 1 aliphatic carbocycles. The molecule has 19 heavy (non-hydrogen) atoms. The topological polar surface area (TPSA) is 64.7 Å². The van der Waals surface area contributed by atoms with Crippen molar-refractivity contribution < 1.29 is 4.79 Å². The number of Topliss-reactive ketones (excluding diaryl/α,β-unsaturated/α-hetero) is 1. The zero-order valence-corrected chi connectivity index (χ0v) is 10.9. The predicted octanol–water partition coefficient (Wildman–Crippen LogP) is 3.42. The van der Waals surface area contributed by atoms with Gasteiger partial charge in [-0.25, -0.2) is 0 Å². The zero-order valence-electron chi connectivity index (χ0n) is 10.9. The summed E-state index contributed by atoms with van der Waals surface area (Å²) >= 11 is 0. The van der Waals surface area contributed by atoms with Crippen LogP contribution in [-0.2, 0) is 6.42 Å². The van der Waals surface area contributed by atoms with Gasteiger partial charge in [-0.15, -0.1) is 0 Å². The Morgan fingerprint density at radius 3 is 2.63 bits per heavy atom. The minimum absolute atomic E-state index is 0.00588. The molecule has 0 atom stereocenters. The van der Waals surface area contributed by atoms with Crippen LogP contribution in [0.2, 0.25) is 0 Å². The van der Waals surface area contributed by atoms with Crippen LogP contribution in [0.4, 0.5) is 0 Å². The van der Waals surface area contributed by atoms with E-state index in [1.807, 2.05) is 30.3 Å². The number of hydrogen-bond donors (Lipinski definition) is 0. The standard InChI is InChI=1S/C16H14N2O/c1-2-3-4-11-5-6-13-14(12(9-17)10-18)8-16(19)15(13)7-11/h5-7H,2-4,8H2,1H3. The molecule has 3 heteroatoms. The van der Waals surface area contributed by atoms with Crippen LogP contribution >= 0.6 is 0 Å². The van der Waals surface area contributed by atoms with E-state index < -0.39 is 0 Å². The van der Waals surface area contributed by atoms with Crippen molar-refractivity contribution in [3.8, 4) is 12.1 Å². The number of hydrogen-bond acceptors (Lipinski definition) is 3. The van der Waals surface area contributed by atoms with Gasteiger partial charge < -0.3 is 0 Å². The van der Waals surface area contributed by atoms with Gasteiger partial charge in [-0.3, -0.25) is 4.79 Å². The molecule has 0 saturated carbocycles. The molecule has 1 aromatic rings. The molecule has 0 aliphatic heterocycles. The van der Waals surface area contributed by atoms with Crippen molar-refractivity contribution in [1.29, 1.82) is 10.5 Å². The molecule has 0 saturated heterocycles. The Bertz CT molecular complexity index is 626. The fourth-order valence-corrected chi connectivity index (χ4v) is 2.36. The van der Waals surface area contributed by atoms with Gasteiger partial charge in [0.2, 0.25) is 0 Å². The first kappa shape index (κ1) is 13.1. The summed E-state index contributed by atoms with van der Waals surface area (Å²) in [5.74, 6) is 0.00588. The Hall–Kier alpha value is -2.39. The number of carbonyl (C=O) groups excluding carboxylic acids is 1. The van der Waals surface area contributed by atoms with E-state index in [0.717, 1.165) is 30.4 Å². The second kappa shape index (κ2) is 5.50. The van der Waals surface area contributed by atoms with E-state index in [2.05, 4.69) is 6.92 Å². The van der Waals surface area contributed by atoms with Gasteiger partial charge in [0, 0.05) is 12.0 Å². The Balaban J connectivity index is 2.46. The van der Waals surface area contributed by atoms with Gasteiger partial charge in [-0.1, -0.05) is 25.5 Å². The van der Waals surface area contributed by atoms with Crippen molar-refractivity contribution in [2.75, 3.05) is 0 Å². The number of aryl methyl sites for hydroxylation is 1. The van der Waals surface area contributed by atoms with Crippen molar-refractivity contribution >= 4 is 11.4 Å². The van der Waals surface area contributed by atoms with Crippen molar-refractivity contribution in [1.82, 2.24) is 0 Å². The molecular weight excluding hydrogens is 236 g/mol. The van der Waals surface area contributed by atoms with Gasteiger partial charge in [-0.2, -0.15) is 10.5 Å². The maximum absolute atomic E-state index is 12.0. The average molecular weight is 250 g/mol. The van der Waals surface area contributed by atoms with E-state index >= 15 is 0 Å². The summed E-state index contributed by atoms with van der Waals surface area (Å²) in [6, 6.07) is 9.51. The van der Waals surface area contributed by atoms with Crippen molar-refractivity contribution in [2.45, 2.75) is 32.6 Å². The number of fused-ring (bicyclic) bond motifs is 1. The summed E-state index contributed by atoms with van der Waals surface area (Å²) in [4.78, 5) is 12.0. The Morgan fingerprint density at radius 1 is 1.26 bits per heavy atom. The Labute approximate surface area is 112 Å². The molecule has 0 N–H and O–H groups in total. The van der Waals surface area contributed by atoms with Gasteiger partial charge >= 0.3 is 0 Å². The van der Waals surface area contributed by atoms with E-state index in [1.165, 1.54) is 0 Å². The number of unbranched alkanes of at least 4 members (excludes halogenated alkanes) is 1. The van der Waals surface area contributed by atoms with Gasteiger partial charge in [-0.05, 0) is 35.6 Å². The first-order valence-corrected chi connectivity index (χ1v) is 6.41. The van der Waals surface area contributed by atoms with Crippen molar-refractivity contribution in [3.63, 3.8) is 0 Å². The summed E-state index contributed by atoms with van der Waals surface area (Å²) in [7, 11) is 0. The van der Waals surface area contributed by atoms with Crippen LogP contribution in [0.3, 0.4) is 0 Å². The number of rotatable bonds is 3. The van der Waals surface area contributed by atoms with Crippen LogP contribution in [-0.4, -0.2) is 5.78 Å². The third-order valence-corrected chi connectivity index (χ3v) is 3.39. The second-order valence-corrected chi connectivity index (χ2v) is 4.66. The van der Waals surface area contributed by atoms with Crippen LogP contribution in [0.25, 0.3) is 5.57 Å². The maximum Gasteiger partial charge on any atom is 0.167 e. The fourth-order valence-electron chi connectivity index (χ4n) is 2.36. The summed E-state index contributed by atoms with van der Waals surface area (Å²) in [6.45, 7) is 2.13. The van der Waals surface area contributed by atoms with Crippen molar-refractivity contribution in [2.24, 2.45) is 0 Å². The fraction of sp³-hybridized carbons (Fsp3) is 0.312. The molecule has 94 valence electrons. The van der Waals surface area contributed by atoms with Gasteiger partial charge in [0.25, 0.3) is 0 Å². The molecule has 0 unspecified atom stereocenters. The molecule has 0 aromatic heterocycles. The summed E-state index contributed by atoms with van der Waals surface area (Å²) in [5.41, 5.74) is 3.18. The Morgan fingerprint density at radius 2 is 2.00 bits per heavy atom. The number of nitrogens with zero attached hydrogens (tertiary/aromatic N) is 2. The molecule has 0 bridgehead atoms. The largest absolute Gasteiger partial charge is 0.294 e. The molecule has 1 aliphatic rings. The predicted molar refractivity (Wildman–Crippen MR) is 72.1 cm³/mol. The molecule has 0 amide bonds. The molecule has 0 radical (unpaired) electrons. The summed E-state index contributed by atoms with van der Waals surface area (Å²) in [5, 5.41) is 17.9. The first-order valence-electron chi connectivity index (χ1n) is 6.41. The highest BCUT2D eigenvalue weighted by Crippen LogP contribution is 2.35. The SMILES string of the molecule is CCCCc1ccc2c(c1)C(=O)CC2=C(C#N)C#N. The van der Waals surface area contributed by atoms with E-state index in [4.69, 9.17) is 10.5 Å². The number of allylic oxidation sites excluding steroid dienone is 2. The lowest BCUT2D eigenvalue weighted by Gasteiger charge is -2.04. The lowest BCUT2D eigenvalue weighted by atomic mass is 9.99. The van der Waals surface area contributed by atoms with E-state index in [1.54, 1.807) is 0 Å².